The molecule has 2 saturated heterocycles. The van der Waals surface area contributed by atoms with Gasteiger partial charge in [-0.2, -0.15) is 0 Å². The van der Waals surface area contributed by atoms with E-state index in [-0.39, 0.29) is 31.1 Å². The van der Waals surface area contributed by atoms with Gasteiger partial charge in [0.15, 0.2) is 0 Å². The highest BCUT2D eigenvalue weighted by Gasteiger charge is 2.32. The average molecular weight is 272 g/mol. The fraction of sp³-hybridized carbons (Fsp3) is 0.833. The number of amides is 2. The second-order valence-corrected chi connectivity index (χ2v) is 5.10. The average Bonchev–Trinajstić information content (AvgIpc) is 2.85. The molecule has 0 aromatic carbocycles. The van der Waals surface area contributed by atoms with Crippen molar-refractivity contribution in [3.63, 3.8) is 0 Å². The lowest BCUT2D eigenvalue weighted by atomic mass is 10.1. The van der Waals surface area contributed by atoms with Crippen LogP contribution in [0.4, 0.5) is 4.79 Å². The van der Waals surface area contributed by atoms with Crippen molar-refractivity contribution < 1.29 is 24.5 Å². The number of hydrogen-bond acceptors (Lipinski definition) is 4. The number of rotatable bonds is 3. The van der Waals surface area contributed by atoms with Crippen molar-refractivity contribution in [2.45, 2.75) is 18.9 Å². The first-order valence-corrected chi connectivity index (χ1v) is 6.58. The highest BCUT2D eigenvalue weighted by molar-refractivity contribution is 5.75. The number of morpholine rings is 1. The van der Waals surface area contributed by atoms with Gasteiger partial charge in [0.1, 0.15) is 0 Å². The van der Waals surface area contributed by atoms with E-state index in [4.69, 9.17) is 14.9 Å². The molecule has 2 amide bonds. The van der Waals surface area contributed by atoms with Crippen LogP contribution in [0.1, 0.15) is 12.8 Å². The summed E-state index contributed by atoms with van der Waals surface area (Å²) in [6.07, 6.45) is 0.549. The fourth-order valence-corrected chi connectivity index (χ4v) is 2.62. The van der Waals surface area contributed by atoms with Crippen LogP contribution in [0.5, 0.6) is 0 Å². The summed E-state index contributed by atoms with van der Waals surface area (Å²) >= 11 is 0. The lowest BCUT2D eigenvalue weighted by molar-refractivity contribution is -0.138. The van der Waals surface area contributed by atoms with E-state index in [9.17, 15) is 9.59 Å². The Labute approximate surface area is 111 Å². The van der Waals surface area contributed by atoms with Crippen molar-refractivity contribution >= 4 is 12.0 Å². The fourth-order valence-electron chi connectivity index (χ4n) is 2.62. The molecule has 2 heterocycles. The number of carboxylic acid groups (broad SMARTS) is 1. The molecular weight excluding hydrogens is 252 g/mol. The Kier molecular flexibility index (Phi) is 4.60. The van der Waals surface area contributed by atoms with Crippen LogP contribution >= 0.6 is 0 Å². The van der Waals surface area contributed by atoms with Crippen LogP contribution in [-0.4, -0.2) is 77.5 Å². The molecule has 0 saturated carbocycles. The molecule has 0 spiro atoms. The van der Waals surface area contributed by atoms with Gasteiger partial charge in [0.2, 0.25) is 0 Å². The maximum absolute atomic E-state index is 12.3. The predicted molar refractivity (Wildman–Crippen MR) is 65.7 cm³/mol. The third-order valence-corrected chi connectivity index (χ3v) is 3.63. The third-order valence-electron chi connectivity index (χ3n) is 3.63. The van der Waals surface area contributed by atoms with Crippen LogP contribution in [-0.2, 0) is 9.53 Å². The van der Waals surface area contributed by atoms with E-state index in [0.717, 1.165) is 6.42 Å². The zero-order chi connectivity index (χ0) is 13.8. The van der Waals surface area contributed by atoms with Gasteiger partial charge in [0.05, 0.1) is 25.9 Å². The lowest BCUT2D eigenvalue weighted by Gasteiger charge is -2.34. The van der Waals surface area contributed by atoms with E-state index in [1.807, 2.05) is 0 Å². The topological polar surface area (TPSA) is 90.3 Å². The van der Waals surface area contributed by atoms with Crippen molar-refractivity contribution in [1.82, 2.24) is 9.80 Å². The summed E-state index contributed by atoms with van der Waals surface area (Å²) in [5.41, 5.74) is 0. The molecule has 2 fully saturated rings. The molecule has 2 rings (SSSR count). The Morgan fingerprint density at radius 3 is 2.63 bits per heavy atom. The first-order chi connectivity index (χ1) is 9.10. The summed E-state index contributed by atoms with van der Waals surface area (Å²) < 4.78 is 5.30. The number of carbonyl (C=O) groups is 2. The smallest absolute Gasteiger partial charge is 0.320 e. The van der Waals surface area contributed by atoms with E-state index >= 15 is 0 Å². The number of nitrogens with zero attached hydrogens (tertiary/aromatic N) is 2. The standard InChI is InChI=1S/C12H20N2O5/c15-8-10-7-14(3-4-19-10)12(18)13-2-1-9(6-13)5-11(16)17/h9-10,15H,1-8H2,(H,16,17). The first-order valence-electron chi connectivity index (χ1n) is 6.58. The van der Waals surface area contributed by atoms with Crippen molar-refractivity contribution in [1.29, 1.82) is 0 Å². The van der Waals surface area contributed by atoms with E-state index in [2.05, 4.69) is 0 Å². The number of likely N-dealkylation sites (tertiary alicyclic amines) is 1. The zero-order valence-corrected chi connectivity index (χ0v) is 10.8. The maximum atomic E-state index is 12.3. The molecule has 0 aliphatic carbocycles. The molecule has 108 valence electrons. The van der Waals surface area contributed by atoms with Crippen LogP contribution in [0, 0.1) is 5.92 Å². The minimum atomic E-state index is -0.814. The molecule has 0 radical (unpaired) electrons. The van der Waals surface area contributed by atoms with Gasteiger partial charge in [0.25, 0.3) is 0 Å². The van der Waals surface area contributed by atoms with Gasteiger partial charge in [0, 0.05) is 26.1 Å². The van der Waals surface area contributed by atoms with Crippen LogP contribution in [0.15, 0.2) is 0 Å². The minimum Gasteiger partial charge on any atom is -0.481 e. The SMILES string of the molecule is O=C(O)CC1CCN(C(=O)N2CCOC(CO)C2)C1. The largest absolute Gasteiger partial charge is 0.481 e. The number of urea groups is 1. The van der Waals surface area contributed by atoms with Crippen LogP contribution in [0.3, 0.4) is 0 Å². The van der Waals surface area contributed by atoms with Gasteiger partial charge < -0.3 is 24.7 Å². The number of carboxylic acids is 1. The molecule has 0 aromatic rings. The Hall–Kier alpha value is -1.34. The van der Waals surface area contributed by atoms with Gasteiger partial charge in [-0.1, -0.05) is 0 Å². The predicted octanol–water partition coefficient (Wildman–Crippen LogP) is -0.404. The number of ether oxygens (including phenoxy) is 1. The Balaban J connectivity index is 1.85. The zero-order valence-electron chi connectivity index (χ0n) is 10.8. The van der Waals surface area contributed by atoms with Crippen molar-refractivity contribution in [2.24, 2.45) is 5.92 Å². The monoisotopic (exact) mass is 272 g/mol. The highest BCUT2D eigenvalue weighted by atomic mass is 16.5. The third kappa shape index (κ3) is 3.57. The van der Waals surface area contributed by atoms with Crippen molar-refractivity contribution in [3.05, 3.63) is 0 Å². The first kappa shape index (κ1) is 14.1. The van der Waals surface area contributed by atoms with Gasteiger partial charge in [-0.3, -0.25) is 4.79 Å². The number of aliphatic hydroxyl groups is 1. The van der Waals surface area contributed by atoms with E-state index in [0.29, 0.717) is 32.8 Å². The van der Waals surface area contributed by atoms with E-state index < -0.39 is 5.97 Å². The number of aliphatic hydroxyl groups excluding tert-OH is 1. The van der Waals surface area contributed by atoms with E-state index in [1.165, 1.54) is 0 Å². The highest BCUT2D eigenvalue weighted by Crippen LogP contribution is 2.21. The quantitative estimate of drug-likeness (QED) is 0.729. The molecule has 0 aromatic heterocycles. The minimum absolute atomic E-state index is 0.0520. The molecule has 2 unspecified atom stereocenters. The molecule has 7 nitrogen and oxygen atoms in total. The second-order valence-electron chi connectivity index (χ2n) is 5.10. The van der Waals surface area contributed by atoms with Crippen LogP contribution in [0.2, 0.25) is 0 Å². The Morgan fingerprint density at radius 2 is 1.95 bits per heavy atom. The molecule has 2 aliphatic heterocycles. The van der Waals surface area contributed by atoms with Crippen LogP contribution in [0.25, 0.3) is 0 Å². The summed E-state index contributed by atoms with van der Waals surface area (Å²) in [7, 11) is 0. The van der Waals surface area contributed by atoms with Crippen molar-refractivity contribution in [3.8, 4) is 0 Å². The Morgan fingerprint density at radius 1 is 1.21 bits per heavy atom. The van der Waals surface area contributed by atoms with Gasteiger partial charge in [-0.25, -0.2) is 4.79 Å². The Bertz CT molecular complexity index is 349. The van der Waals surface area contributed by atoms with Gasteiger partial charge in [-0.05, 0) is 12.3 Å². The molecule has 2 aliphatic rings. The second kappa shape index (κ2) is 6.21. The van der Waals surface area contributed by atoms with Gasteiger partial charge in [-0.15, -0.1) is 0 Å². The summed E-state index contributed by atoms with van der Waals surface area (Å²) in [5.74, 6) is -0.762. The number of aliphatic carboxylic acids is 1. The summed E-state index contributed by atoms with van der Waals surface area (Å²) in [5, 5.41) is 17.8. The normalized spacial score (nSPS) is 27.6. The summed E-state index contributed by atoms with van der Waals surface area (Å²) in [6, 6.07) is -0.0744. The number of carbonyl (C=O) groups excluding carboxylic acids is 1. The van der Waals surface area contributed by atoms with Crippen molar-refractivity contribution in [2.75, 3.05) is 39.4 Å². The lowest BCUT2D eigenvalue weighted by Crippen LogP contribution is -2.51. The summed E-state index contributed by atoms with van der Waals surface area (Å²) in [6.45, 7) is 2.38. The van der Waals surface area contributed by atoms with E-state index in [1.54, 1.807) is 9.80 Å². The molecule has 0 bridgehead atoms. The van der Waals surface area contributed by atoms with Crippen LogP contribution < -0.4 is 0 Å². The molecule has 2 N–H and O–H groups in total. The van der Waals surface area contributed by atoms with Gasteiger partial charge >= 0.3 is 12.0 Å². The molecule has 2 atom stereocenters. The summed E-state index contributed by atoms with van der Waals surface area (Å²) in [4.78, 5) is 26.3. The molecular formula is C12H20N2O5. The maximum Gasteiger partial charge on any atom is 0.320 e. The number of hydrogen-bond donors (Lipinski definition) is 2. The molecule has 19 heavy (non-hydrogen) atoms. The molecule has 7 heteroatoms.